The maximum Gasteiger partial charge on any atom is 0.217 e. The highest BCUT2D eigenvalue weighted by Crippen LogP contribution is 2.29. The highest BCUT2D eigenvalue weighted by molar-refractivity contribution is 9.10. The van der Waals surface area contributed by atoms with Crippen molar-refractivity contribution in [2.75, 3.05) is 23.7 Å². The standard InChI is InChI=1S/C10H14BrN5O/c1-6(17)15-7-2-3-16(4-7)10-8(11)9(12)13-5-14-10/h5,7H,2-4H2,1H3,(H,15,17)(H2,12,13,14). The van der Waals surface area contributed by atoms with Crippen LogP contribution in [0.5, 0.6) is 0 Å². The minimum atomic E-state index is -0.00174. The fraction of sp³-hybridized carbons (Fsp3) is 0.500. The second-order valence-corrected chi connectivity index (χ2v) is 4.82. The van der Waals surface area contributed by atoms with Crippen molar-refractivity contribution >= 4 is 33.5 Å². The number of carbonyl (C=O) groups excluding carboxylic acids is 1. The monoisotopic (exact) mass is 299 g/mol. The van der Waals surface area contributed by atoms with Gasteiger partial charge in [-0.2, -0.15) is 0 Å². The molecule has 0 radical (unpaired) electrons. The smallest absolute Gasteiger partial charge is 0.217 e. The number of amides is 1. The Morgan fingerprint density at radius 3 is 3.12 bits per heavy atom. The molecule has 2 rings (SSSR count). The van der Waals surface area contributed by atoms with Crippen LogP contribution < -0.4 is 16.0 Å². The number of hydrogen-bond acceptors (Lipinski definition) is 5. The lowest BCUT2D eigenvalue weighted by Crippen LogP contribution is -2.35. The second-order valence-electron chi connectivity index (χ2n) is 4.03. The molecule has 0 aliphatic carbocycles. The van der Waals surface area contributed by atoms with Crippen LogP contribution in [0.1, 0.15) is 13.3 Å². The molecule has 17 heavy (non-hydrogen) atoms. The zero-order valence-corrected chi connectivity index (χ0v) is 11.1. The first kappa shape index (κ1) is 12.1. The molecule has 7 heteroatoms. The minimum absolute atomic E-state index is 0.00174. The molecule has 6 nitrogen and oxygen atoms in total. The number of aromatic nitrogens is 2. The summed E-state index contributed by atoms with van der Waals surface area (Å²) in [5.74, 6) is 1.21. The highest BCUT2D eigenvalue weighted by Gasteiger charge is 2.25. The van der Waals surface area contributed by atoms with Crippen molar-refractivity contribution in [2.45, 2.75) is 19.4 Å². The summed E-state index contributed by atoms with van der Waals surface area (Å²) in [6.07, 6.45) is 2.36. The van der Waals surface area contributed by atoms with Gasteiger partial charge in [0, 0.05) is 26.1 Å². The Bertz CT molecular complexity index is 439. The van der Waals surface area contributed by atoms with Gasteiger partial charge in [-0.3, -0.25) is 4.79 Å². The van der Waals surface area contributed by atoms with Gasteiger partial charge in [0.25, 0.3) is 0 Å². The summed E-state index contributed by atoms with van der Waals surface area (Å²) in [7, 11) is 0. The van der Waals surface area contributed by atoms with Crippen molar-refractivity contribution in [3.05, 3.63) is 10.8 Å². The van der Waals surface area contributed by atoms with Crippen molar-refractivity contribution < 1.29 is 4.79 Å². The first-order valence-electron chi connectivity index (χ1n) is 5.36. The van der Waals surface area contributed by atoms with E-state index in [0.29, 0.717) is 10.3 Å². The van der Waals surface area contributed by atoms with Crippen molar-refractivity contribution in [2.24, 2.45) is 0 Å². The van der Waals surface area contributed by atoms with E-state index < -0.39 is 0 Å². The lowest BCUT2D eigenvalue weighted by atomic mass is 10.3. The molecule has 0 saturated carbocycles. The number of hydrogen-bond donors (Lipinski definition) is 2. The molecular formula is C10H14BrN5O. The van der Waals surface area contributed by atoms with Gasteiger partial charge in [0.2, 0.25) is 5.91 Å². The predicted octanol–water partition coefficient (Wildman–Crippen LogP) is 0.536. The zero-order chi connectivity index (χ0) is 12.4. The van der Waals surface area contributed by atoms with Crippen molar-refractivity contribution in [3.63, 3.8) is 0 Å². The first-order valence-corrected chi connectivity index (χ1v) is 6.15. The third kappa shape index (κ3) is 2.66. The van der Waals surface area contributed by atoms with Crippen LogP contribution in [0.3, 0.4) is 0 Å². The summed E-state index contributed by atoms with van der Waals surface area (Å²) in [5, 5.41) is 2.90. The molecule has 1 saturated heterocycles. The van der Waals surface area contributed by atoms with Gasteiger partial charge in [0.15, 0.2) is 0 Å². The Hall–Kier alpha value is -1.37. The number of carbonyl (C=O) groups is 1. The van der Waals surface area contributed by atoms with Crippen LogP contribution in [0.4, 0.5) is 11.6 Å². The Kier molecular flexibility index (Phi) is 3.46. The second kappa shape index (κ2) is 4.87. The van der Waals surface area contributed by atoms with Gasteiger partial charge in [-0.25, -0.2) is 9.97 Å². The maximum atomic E-state index is 11.0. The summed E-state index contributed by atoms with van der Waals surface area (Å²) in [6, 6.07) is 0.176. The van der Waals surface area contributed by atoms with E-state index in [1.807, 2.05) is 0 Å². The van der Waals surface area contributed by atoms with Crippen molar-refractivity contribution in [3.8, 4) is 0 Å². The van der Waals surface area contributed by atoms with Gasteiger partial charge < -0.3 is 16.0 Å². The van der Waals surface area contributed by atoms with Gasteiger partial charge >= 0.3 is 0 Å². The molecule has 3 N–H and O–H groups in total. The number of rotatable bonds is 2. The molecule has 1 aliphatic heterocycles. The van der Waals surface area contributed by atoms with Gasteiger partial charge in [-0.15, -0.1) is 0 Å². The molecule has 1 fully saturated rings. The van der Waals surface area contributed by atoms with E-state index in [9.17, 15) is 4.79 Å². The topological polar surface area (TPSA) is 84.1 Å². The van der Waals surface area contributed by atoms with Crippen LogP contribution in [0.2, 0.25) is 0 Å². The molecule has 1 amide bonds. The Balaban J connectivity index is 2.10. The summed E-state index contributed by atoms with van der Waals surface area (Å²) in [4.78, 5) is 21.2. The van der Waals surface area contributed by atoms with Gasteiger partial charge in [-0.1, -0.05) is 0 Å². The van der Waals surface area contributed by atoms with E-state index in [0.717, 1.165) is 25.3 Å². The number of nitrogens with one attached hydrogen (secondary N) is 1. The maximum absolute atomic E-state index is 11.0. The van der Waals surface area contributed by atoms with Crippen molar-refractivity contribution in [1.29, 1.82) is 0 Å². The van der Waals surface area contributed by atoms with Gasteiger partial charge in [-0.05, 0) is 22.4 Å². The van der Waals surface area contributed by atoms with Gasteiger partial charge in [0.1, 0.15) is 22.4 Å². The lowest BCUT2D eigenvalue weighted by molar-refractivity contribution is -0.119. The Morgan fingerprint density at radius 2 is 2.41 bits per heavy atom. The quantitative estimate of drug-likeness (QED) is 0.832. The average molecular weight is 300 g/mol. The fourth-order valence-electron chi connectivity index (χ4n) is 1.95. The molecule has 2 heterocycles. The highest BCUT2D eigenvalue weighted by atomic mass is 79.9. The molecule has 1 aliphatic rings. The van der Waals surface area contributed by atoms with E-state index in [1.54, 1.807) is 0 Å². The largest absolute Gasteiger partial charge is 0.383 e. The summed E-state index contributed by atoms with van der Waals surface area (Å²) < 4.78 is 0.712. The third-order valence-corrected chi connectivity index (χ3v) is 3.45. The number of halogens is 1. The molecule has 0 spiro atoms. The Morgan fingerprint density at radius 1 is 1.65 bits per heavy atom. The van der Waals surface area contributed by atoms with E-state index in [1.165, 1.54) is 13.3 Å². The molecule has 1 atom stereocenters. The number of nitrogens with two attached hydrogens (primary N) is 1. The molecule has 1 unspecified atom stereocenters. The lowest BCUT2D eigenvalue weighted by Gasteiger charge is -2.19. The van der Waals surface area contributed by atoms with Crippen LogP contribution in [-0.4, -0.2) is 35.0 Å². The van der Waals surface area contributed by atoms with Crippen LogP contribution in [0, 0.1) is 0 Å². The van der Waals surface area contributed by atoms with E-state index in [-0.39, 0.29) is 11.9 Å². The van der Waals surface area contributed by atoms with E-state index in [2.05, 4.69) is 36.1 Å². The average Bonchev–Trinajstić information content (AvgIpc) is 2.69. The summed E-state index contributed by atoms with van der Waals surface area (Å²) >= 11 is 3.38. The molecule has 1 aromatic heterocycles. The normalized spacial score (nSPS) is 19.4. The Labute approximate surface area is 108 Å². The molecule has 92 valence electrons. The number of nitrogen functional groups attached to an aromatic ring is 1. The molecule has 0 aromatic carbocycles. The van der Waals surface area contributed by atoms with Crippen LogP contribution in [0.15, 0.2) is 10.8 Å². The predicted molar refractivity (Wildman–Crippen MR) is 68.6 cm³/mol. The first-order chi connectivity index (χ1) is 8.08. The fourth-order valence-corrected chi connectivity index (χ4v) is 2.41. The number of anilines is 2. The molecule has 1 aromatic rings. The number of nitrogens with zero attached hydrogens (tertiary/aromatic N) is 3. The zero-order valence-electron chi connectivity index (χ0n) is 9.48. The van der Waals surface area contributed by atoms with Crippen LogP contribution >= 0.6 is 15.9 Å². The van der Waals surface area contributed by atoms with Crippen LogP contribution in [0.25, 0.3) is 0 Å². The summed E-state index contributed by atoms with van der Waals surface area (Å²) in [5.41, 5.74) is 5.71. The van der Waals surface area contributed by atoms with E-state index in [4.69, 9.17) is 5.73 Å². The molecule has 0 bridgehead atoms. The van der Waals surface area contributed by atoms with Crippen molar-refractivity contribution in [1.82, 2.24) is 15.3 Å². The minimum Gasteiger partial charge on any atom is -0.383 e. The third-order valence-electron chi connectivity index (χ3n) is 2.69. The van der Waals surface area contributed by atoms with E-state index >= 15 is 0 Å². The summed E-state index contributed by atoms with van der Waals surface area (Å²) in [6.45, 7) is 3.12. The van der Waals surface area contributed by atoms with Gasteiger partial charge in [0.05, 0.1) is 0 Å². The van der Waals surface area contributed by atoms with Crippen LogP contribution in [-0.2, 0) is 4.79 Å². The molecular weight excluding hydrogens is 286 g/mol. The SMILES string of the molecule is CC(=O)NC1CCN(c2ncnc(N)c2Br)C1.